The SMILES string of the molecule is COCCOc1cc(C)ccc1NC(=O)C1CNC(=O)C1. The molecule has 0 spiro atoms. The van der Waals surface area contributed by atoms with Gasteiger partial charge in [0.15, 0.2) is 0 Å². The lowest BCUT2D eigenvalue weighted by atomic mass is 10.1. The monoisotopic (exact) mass is 292 g/mol. The predicted octanol–water partition coefficient (Wildman–Crippen LogP) is 1.09. The molecular weight excluding hydrogens is 272 g/mol. The van der Waals surface area contributed by atoms with Crippen LogP contribution in [0, 0.1) is 12.8 Å². The zero-order chi connectivity index (χ0) is 15.2. The third-order valence-electron chi connectivity index (χ3n) is 3.29. The molecule has 0 radical (unpaired) electrons. The third kappa shape index (κ3) is 4.19. The highest BCUT2D eigenvalue weighted by molar-refractivity contribution is 5.98. The molecule has 6 heteroatoms. The van der Waals surface area contributed by atoms with Crippen molar-refractivity contribution in [2.24, 2.45) is 5.92 Å². The van der Waals surface area contributed by atoms with E-state index in [1.807, 2.05) is 19.1 Å². The first kappa shape index (κ1) is 15.3. The number of aryl methyl sites for hydroxylation is 1. The lowest BCUT2D eigenvalue weighted by Gasteiger charge is -2.15. The van der Waals surface area contributed by atoms with Gasteiger partial charge in [0, 0.05) is 20.1 Å². The molecule has 1 aromatic carbocycles. The second-order valence-electron chi connectivity index (χ2n) is 5.04. The van der Waals surface area contributed by atoms with Gasteiger partial charge in [-0.15, -0.1) is 0 Å². The largest absolute Gasteiger partial charge is 0.489 e. The Bertz CT molecular complexity index is 530. The highest BCUT2D eigenvalue weighted by Gasteiger charge is 2.28. The summed E-state index contributed by atoms with van der Waals surface area (Å²) in [5.74, 6) is 0.0210. The van der Waals surface area contributed by atoms with Crippen LogP contribution in [0.1, 0.15) is 12.0 Å². The van der Waals surface area contributed by atoms with Crippen LogP contribution in [0.3, 0.4) is 0 Å². The summed E-state index contributed by atoms with van der Waals surface area (Å²) in [6.45, 7) is 3.22. The maximum Gasteiger partial charge on any atom is 0.229 e. The number of hydrogen-bond donors (Lipinski definition) is 2. The first-order chi connectivity index (χ1) is 10.1. The van der Waals surface area contributed by atoms with Crippen molar-refractivity contribution >= 4 is 17.5 Å². The van der Waals surface area contributed by atoms with Crippen LogP contribution >= 0.6 is 0 Å². The summed E-state index contributed by atoms with van der Waals surface area (Å²) < 4.78 is 10.6. The van der Waals surface area contributed by atoms with Crippen LogP contribution in [0.4, 0.5) is 5.69 Å². The van der Waals surface area contributed by atoms with E-state index < -0.39 is 0 Å². The van der Waals surface area contributed by atoms with Crippen LogP contribution in [0.5, 0.6) is 5.75 Å². The number of rotatable bonds is 6. The zero-order valence-electron chi connectivity index (χ0n) is 12.3. The maximum absolute atomic E-state index is 12.1. The van der Waals surface area contributed by atoms with Crippen LogP contribution in [-0.2, 0) is 14.3 Å². The first-order valence-corrected chi connectivity index (χ1v) is 6.90. The highest BCUT2D eigenvalue weighted by atomic mass is 16.5. The fourth-order valence-corrected chi connectivity index (χ4v) is 2.11. The Labute approximate surface area is 123 Å². The number of anilines is 1. The molecule has 1 heterocycles. The summed E-state index contributed by atoms with van der Waals surface area (Å²) in [5.41, 5.74) is 1.65. The summed E-state index contributed by atoms with van der Waals surface area (Å²) in [4.78, 5) is 23.3. The molecule has 0 aliphatic carbocycles. The Kier molecular flexibility index (Phi) is 5.16. The lowest BCUT2D eigenvalue weighted by molar-refractivity contribution is -0.123. The molecule has 114 valence electrons. The van der Waals surface area contributed by atoms with Crippen LogP contribution in [-0.4, -0.2) is 38.7 Å². The van der Waals surface area contributed by atoms with E-state index in [9.17, 15) is 9.59 Å². The fourth-order valence-electron chi connectivity index (χ4n) is 2.11. The van der Waals surface area contributed by atoms with Gasteiger partial charge in [0.25, 0.3) is 0 Å². The van der Waals surface area contributed by atoms with Crippen molar-refractivity contribution in [1.29, 1.82) is 0 Å². The molecule has 21 heavy (non-hydrogen) atoms. The van der Waals surface area contributed by atoms with E-state index in [4.69, 9.17) is 9.47 Å². The molecule has 6 nitrogen and oxygen atoms in total. The third-order valence-corrected chi connectivity index (χ3v) is 3.29. The number of amides is 2. The number of ether oxygens (including phenoxy) is 2. The summed E-state index contributed by atoms with van der Waals surface area (Å²) in [6.07, 6.45) is 0.234. The van der Waals surface area contributed by atoms with Gasteiger partial charge in [-0.25, -0.2) is 0 Å². The van der Waals surface area contributed by atoms with Gasteiger partial charge < -0.3 is 20.1 Å². The van der Waals surface area contributed by atoms with Crippen molar-refractivity contribution in [2.75, 3.05) is 32.2 Å². The lowest BCUT2D eigenvalue weighted by Crippen LogP contribution is -2.25. The Morgan fingerprint density at radius 2 is 2.24 bits per heavy atom. The minimum absolute atomic E-state index is 0.0874. The van der Waals surface area contributed by atoms with Gasteiger partial charge in [-0.1, -0.05) is 6.07 Å². The van der Waals surface area contributed by atoms with E-state index in [0.29, 0.717) is 31.2 Å². The van der Waals surface area contributed by atoms with E-state index in [1.54, 1.807) is 13.2 Å². The average Bonchev–Trinajstić information content (AvgIpc) is 2.88. The van der Waals surface area contributed by atoms with E-state index in [1.165, 1.54) is 0 Å². The summed E-state index contributed by atoms with van der Waals surface area (Å²) in [5, 5.41) is 5.48. The molecule has 0 bridgehead atoms. The van der Waals surface area contributed by atoms with Crippen molar-refractivity contribution in [3.8, 4) is 5.75 Å². The van der Waals surface area contributed by atoms with Gasteiger partial charge in [0.2, 0.25) is 11.8 Å². The van der Waals surface area contributed by atoms with E-state index >= 15 is 0 Å². The maximum atomic E-state index is 12.1. The predicted molar refractivity (Wildman–Crippen MR) is 78.3 cm³/mol. The molecule has 0 saturated carbocycles. The summed E-state index contributed by atoms with van der Waals surface area (Å²) in [7, 11) is 1.60. The minimum Gasteiger partial charge on any atom is -0.489 e. The molecule has 1 unspecified atom stereocenters. The number of benzene rings is 1. The molecule has 2 N–H and O–H groups in total. The molecule has 2 rings (SSSR count). The molecule has 1 aliphatic heterocycles. The molecule has 0 aromatic heterocycles. The van der Waals surface area contributed by atoms with Crippen molar-refractivity contribution in [2.45, 2.75) is 13.3 Å². The van der Waals surface area contributed by atoms with Crippen LogP contribution in [0.25, 0.3) is 0 Å². The molecule has 1 saturated heterocycles. The topological polar surface area (TPSA) is 76.7 Å². The molecular formula is C15H20N2O4. The molecule has 1 atom stereocenters. The molecule has 1 fully saturated rings. The van der Waals surface area contributed by atoms with Crippen LogP contribution in [0.2, 0.25) is 0 Å². The van der Waals surface area contributed by atoms with Crippen LogP contribution in [0.15, 0.2) is 18.2 Å². The van der Waals surface area contributed by atoms with Gasteiger partial charge in [0.05, 0.1) is 18.2 Å². The Balaban J connectivity index is 2.04. The summed E-state index contributed by atoms with van der Waals surface area (Å²) >= 11 is 0. The van der Waals surface area contributed by atoms with Crippen molar-refractivity contribution in [3.63, 3.8) is 0 Å². The Morgan fingerprint density at radius 1 is 1.43 bits per heavy atom. The van der Waals surface area contributed by atoms with Crippen molar-refractivity contribution in [1.82, 2.24) is 5.32 Å². The van der Waals surface area contributed by atoms with Gasteiger partial charge in [-0.2, -0.15) is 0 Å². The van der Waals surface area contributed by atoms with E-state index in [2.05, 4.69) is 10.6 Å². The van der Waals surface area contributed by atoms with Crippen molar-refractivity contribution in [3.05, 3.63) is 23.8 Å². The van der Waals surface area contributed by atoms with E-state index in [0.717, 1.165) is 5.56 Å². The zero-order valence-corrected chi connectivity index (χ0v) is 12.3. The quantitative estimate of drug-likeness (QED) is 0.770. The second-order valence-corrected chi connectivity index (χ2v) is 5.04. The molecule has 2 amide bonds. The number of carbonyl (C=O) groups is 2. The Morgan fingerprint density at radius 3 is 2.90 bits per heavy atom. The minimum atomic E-state index is -0.328. The average molecular weight is 292 g/mol. The normalized spacial score (nSPS) is 17.4. The summed E-state index contributed by atoms with van der Waals surface area (Å²) in [6, 6.07) is 5.57. The fraction of sp³-hybridized carbons (Fsp3) is 0.467. The van der Waals surface area contributed by atoms with Crippen molar-refractivity contribution < 1.29 is 19.1 Å². The Hall–Kier alpha value is -2.08. The number of carbonyl (C=O) groups excluding carboxylic acids is 2. The van der Waals surface area contributed by atoms with Gasteiger partial charge >= 0.3 is 0 Å². The standard InChI is InChI=1S/C15H20N2O4/c1-10-3-4-12(13(7-10)21-6-5-20-2)17-15(19)11-8-14(18)16-9-11/h3-4,7,11H,5-6,8-9H2,1-2H3,(H,16,18)(H,17,19). The molecule has 1 aromatic rings. The highest BCUT2D eigenvalue weighted by Crippen LogP contribution is 2.26. The van der Waals surface area contributed by atoms with Gasteiger partial charge in [0.1, 0.15) is 12.4 Å². The van der Waals surface area contributed by atoms with Gasteiger partial charge in [-0.3, -0.25) is 9.59 Å². The smallest absolute Gasteiger partial charge is 0.229 e. The van der Waals surface area contributed by atoms with Gasteiger partial charge in [-0.05, 0) is 24.6 Å². The number of nitrogens with one attached hydrogen (secondary N) is 2. The second kappa shape index (κ2) is 7.08. The van der Waals surface area contributed by atoms with E-state index in [-0.39, 0.29) is 24.2 Å². The first-order valence-electron chi connectivity index (χ1n) is 6.90. The number of methoxy groups -OCH3 is 1. The molecule has 1 aliphatic rings. The number of hydrogen-bond acceptors (Lipinski definition) is 4. The van der Waals surface area contributed by atoms with Crippen LogP contribution < -0.4 is 15.4 Å².